The highest BCUT2D eigenvalue weighted by Gasteiger charge is 2.36. The first-order chi connectivity index (χ1) is 11.0. The van der Waals surface area contributed by atoms with Crippen LogP contribution in [0.25, 0.3) is 0 Å². The van der Waals surface area contributed by atoms with E-state index in [1.807, 2.05) is 0 Å². The van der Waals surface area contributed by atoms with Gasteiger partial charge in [-0.05, 0) is 47.6 Å². The minimum atomic E-state index is -0.742. The SMILES string of the molecule is CC1=C(C(=O)OC(C)C)C(C=C(Cl)Cl)C(C(=O)OC(C)C)=C(C)N1. The van der Waals surface area contributed by atoms with Gasteiger partial charge in [-0.1, -0.05) is 23.2 Å². The van der Waals surface area contributed by atoms with E-state index in [1.165, 1.54) is 6.08 Å². The summed E-state index contributed by atoms with van der Waals surface area (Å²) in [7, 11) is 0. The Labute approximate surface area is 152 Å². The van der Waals surface area contributed by atoms with Crippen LogP contribution in [0.15, 0.2) is 33.1 Å². The van der Waals surface area contributed by atoms with Gasteiger partial charge in [0.1, 0.15) is 4.49 Å². The number of nitrogens with one attached hydrogen (secondary N) is 1. The normalized spacial score (nSPS) is 15.6. The van der Waals surface area contributed by atoms with Gasteiger partial charge in [0.2, 0.25) is 0 Å². The molecular formula is C17H23Cl2NO4. The van der Waals surface area contributed by atoms with Crippen LogP contribution >= 0.6 is 23.2 Å². The zero-order valence-electron chi connectivity index (χ0n) is 14.7. The van der Waals surface area contributed by atoms with Crippen molar-refractivity contribution in [2.75, 3.05) is 0 Å². The van der Waals surface area contributed by atoms with Gasteiger partial charge in [-0.15, -0.1) is 0 Å². The third kappa shape index (κ3) is 5.28. The van der Waals surface area contributed by atoms with Crippen LogP contribution < -0.4 is 5.32 Å². The molecule has 0 amide bonds. The molecule has 0 unspecified atom stereocenters. The van der Waals surface area contributed by atoms with E-state index in [1.54, 1.807) is 41.5 Å². The Morgan fingerprint density at radius 2 is 1.33 bits per heavy atom. The highest BCUT2D eigenvalue weighted by Crippen LogP contribution is 2.34. The topological polar surface area (TPSA) is 64.6 Å². The number of allylic oxidation sites excluding steroid dienone is 3. The van der Waals surface area contributed by atoms with E-state index in [-0.39, 0.29) is 27.8 Å². The number of esters is 2. The summed E-state index contributed by atoms with van der Waals surface area (Å²) in [5.74, 6) is -1.81. The first-order valence-electron chi connectivity index (χ1n) is 7.67. The van der Waals surface area contributed by atoms with Crippen molar-refractivity contribution < 1.29 is 19.1 Å². The Kier molecular flexibility index (Phi) is 7.36. The van der Waals surface area contributed by atoms with Gasteiger partial charge in [0, 0.05) is 17.3 Å². The van der Waals surface area contributed by atoms with E-state index in [9.17, 15) is 9.59 Å². The molecule has 24 heavy (non-hydrogen) atoms. The lowest BCUT2D eigenvalue weighted by Gasteiger charge is -2.29. The highest BCUT2D eigenvalue weighted by atomic mass is 35.5. The van der Waals surface area contributed by atoms with Gasteiger partial charge in [0.15, 0.2) is 0 Å². The molecule has 0 spiro atoms. The molecule has 1 aliphatic heterocycles. The number of dihydropyridines is 1. The van der Waals surface area contributed by atoms with Crippen LogP contribution in [-0.2, 0) is 19.1 Å². The Hall–Kier alpha value is -1.46. The minimum Gasteiger partial charge on any atom is -0.460 e. The van der Waals surface area contributed by atoms with Crippen molar-refractivity contribution in [1.29, 1.82) is 0 Å². The Bertz CT molecular complexity index is 570. The number of ether oxygens (including phenoxy) is 2. The zero-order valence-corrected chi connectivity index (χ0v) is 16.2. The molecule has 1 heterocycles. The van der Waals surface area contributed by atoms with Gasteiger partial charge < -0.3 is 14.8 Å². The van der Waals surface area contributed by atoms with Gasteiger partial charge in [0.25, 0.3) is 0 Å². The molecule has 0 aromatic rings. The average Bonchev–Trinajstić information content (AvgIpc) is 2.34. The molecule has 134 valence electrons. The summed E-state index contributed by atoms with van der Waals surface area (Å²) in [6, 6.07) is 0. The van der Waals surface area contributed by atoms with Crippen LogP contribution in [0.3, 0.4) is 0 Å². The van der Waals surface area contributed by atoms with Crippen LogP contribution in [-0.4, -0.2) is 24.1 Å². The van der Waals surface area contributed by atoms with Gasteiger partial charge in [-0.3, -0.25) is 0 Å². The highest BCUT2D eigenvalue weighted by molar-refractivity contribution is 6.55. The van der Waals surface area contributed by atoms with Crippen molar-refractivity contribution in [1.82, 2.24) is 5.32 Å². The molecule has 0 bridgehead atoms. The molecule has 5 nitrogen and oxygen atoms in total. The van der Waals surface area contributed by atoms with Crippen molar-refractivity contribution in [2.24, 2.45) is 5.92 Å². The second kappa shape index (κ2) is 8.58. The molecule has 0 saturated carbocycles. The average molecular weight is 376 g/mol. The van der Waals surface area contributed by atoms with Crippen LogP contribution in [0.5, 0.6) is 0 Å². The lowest BCUT2D eigenvalue weighted by molar-refractivity contribution is -0.143. The molecule has 1 rings (SSSR count). The van der Waals surface area contributed by atoms with Crippen molar-refractivity contribution in [3.8, 4) is 0 Å². The lowest BCUT2D eigenvalue weighted by Crippen LogP contribution is -2.34. The fraction of sp³-hybridized carbons (Fsp3) is 0.529. The summed E-state index contributed by atoms with van der Waals surface area (Å²) < 4.78 is 10.5. The number of carbonyl (C=O) groups is 2. The maximum atomic E-state index is 12.5. The molecule has 0 aromatic carbocycles. The minimum absolute atomic E-state index is 0.0489. The number of carbonyl (C=O) groups excluding carboxylic acids is 2. The van der Waals surface area contributed by atoms with Crippen molar-refractivity contribution in [3.63, 3.8) is 0 Å². The fourth-order valence-electron chi connectivity index (χ4n) is 2.43. The van der Waals surface area contributed by atoms with E-state index < -0.39 is 17.9 Å². The second-order valence-electron chi connectivity index (χ2n) is 6.04. The summed E-state index contributed by atoms with van der Waals surface area (Å²) in [4.78, 5) is 25.0. The molecule has 0 saturated heterocycles. The Morgan fingerprint density at radius 3 is 1.62 bits per heavy atom. The Morgan fingerprint density at radius 1 is 0.958 bits per heavy atom. The maximum absolute atomic E-state index is 12.5. The molecular weight excluding hydrogens is 353 g/mol. The van der Waals surface area contributed by atoms with Crippen LogP contribution in [0, 0.1) is 5.92 Å². The molecule has 7 heteroatoms. The summed E-state index contributed by atoms with van der Waals surface area (Å²) in [5.41, 5.74) is 1.72. The molecule has 0 aromatic heterocycles. The van der Waals surface area contributed by atoms with E-state index in [2.05, 4.69) is 5.32 Å². The fourth-order valence-corrected chi connectivity index (χ4v) is 2.69. The zero-order chi connectivity index (χ0) is 18.6. The lowest BCUT2D eigenvalue weighted by atomic mass is 9.85. The molecule has 0 fully saturated rings. The number of halogens is 2. The summed E-state index contributed by atoms with van der Waals surface area (Å²) in [6.07, 6.45) is 0.837. The van der Waals surface area contributed by atoms with E-state index >= 15 is 0 Å². The van der Waals surface area contributed by atoms with Gasteiger partial charge in [-0.2, -0.15) is 0 Å². The van der Waals surface area contributed by atoms with E-state index in [4.69, 9.17) is 32.7 Å². The van der Waals surface area contributed by atoms with Crippen molar-refractivity contribution >= 4 is 35.1 Å². The standard InChI is InChI=1S/C17H23Cl2NO4/c1-8(2)23-16(21)14-10(5)20-11(6)15(12(14)7-13(18)19)17(22)24-9(3)4/h7-9,12,20H,1-6H3. The second-order valence-corrected chi connectivity index (χ2v) is 7.05. The number of hydrogen-bond acceptors (Lipinski definition) is 5. The smallest absolute Gasteiger partial charge is 0.336 e. The van der Waals surface area contributed by atoms with Crippen LogP contribution in [0.2, 0.25) is 0 Å². The first kappa shape index (κ1) is 20.6. The Balaban J connectivity index is 3.38. The molecule has 0 radical (unpaired) electrons. The van der Waals surface area contributed by atoms with Crippen LogP contribution in [0.4, 0.5) is 0 Å². The monoisotopic (exact) mass is 375 g/mol. The third-order valence-electron chi connectivity index (χ3n) is 3.22. The van der Waals surface area contributed by atoms with Crippen LogP contribution in [0.1, 0.15) is 41.5 Å². The number of hydrogen-bond donors (Lipinski definition) is 1. The molecule has 1 N–H and O–H groups in total. The predicted molar refractivity (Wildman–Crippen MR) is 94.3 cm³/mol. The number of rotatable bonds is 5. The predicted octanol–water partition coefficient (Wildman–Crippen LogP) is 3.98. The summed E-state index contributed by atoms with van der Waals surface area (Å²) in [6.45, 7) is 10.5. The van der Waals surface area contributed by atoms with Crippen molar-refractivity contribution in [2.45, 2.75) is 53.8 Å². The maximum Gasteiger partial charge on any atom is 0.336 e. The first-order valence-corrected chi connectivity index (χ1v) is 8.43. The molecule has 0 atom stereocenters. The van der Waals surface area contributed by atoms with Gasteiger partial charge in [0.05, 0.1) is 23.4 Å². The summed E-state index contributed by atoms with van der Waals surface area (Å²) in [5, 5.41) is 3.03. The quantitative estimate of drug-likeness (QED) is 0.736. The largest absolute Gasteiger partial charge is 0.460 e. The molecule has 0 aliphatic carbocycles. The van der Waals surface area contributed by atoms with E-state index in [0.29, 0.717) is 11.4 Å². The van der Waals surface area contributed by atoms with Crippen molar-refractivity contribution in [3.05, 3.63) is 33.1 Å². The third-order valence-corrected chi connectivity index (χ3v) is 3.47. The summed E-state index contributed by atoms with van der Waals surface area (Å²) >= 11 is 11.6. The van der Waals surface area contributed by atoms with Gasteiger partial charge >= 0.3 is 11.9 Å². The van der Waals surface area contributed by atoms with Gasteiger partial charge in [-0.25, -0.2) is 9.59 Å². The van der Waals surface area contributed by atoms with E-state index in [0.717, 1.165) is 0 Å². The molecule has 1 aliphatic rings.